The van der Waals surface area contributed by atoms with Crippen LogP contribution in [0.15, 0.2) is 30.6 Å². The highest BCUT2D eigenvalue weighted by atomic mass is 32.2. The lowest BCUT2D eigenvalue weighted by Gasteiger charge is -2.06. The summed E-state index contributed by atoms with van der Waals surface area (Å²) in [6.45, 7) is 0. The molecular formula is C10H9N5O2S. The fourth-order valence-corrected chi connectivity index (χ4v) is 2.52. The number of nitrogens with one attached hydrogen (secondary N) is 2. The summed E-state index contributed by atoms with van der Waals surface area (Å²) in [6.07, 6.45) is 1.20. The van der Waals surface area contributed by atoms with E-state index in [0.717, 1.165) is 0 Å². The van der Waals surface area contributed by atoms with Crippen molar-refractivity contribution in [1.29, 1.82) is 5.26 Å². The van der Waals surface area contributed by atoms with Crippen LogP contribution in [-0.2, 0) is 15.8 Å². The van der Waals surface area contributed by atoms with E-state index in [-0.39, 0.29) is 11.7 Å². The van der Waals surface area contributed by atoms with Gasteiger partial charge in [-0.1, -0.05) is 18.2 Å². The Kier molecular flexibility index (Phi) is 3.25. The van der Waals surface area contributed by atoms with Crippen molar-refractivity contribution >= 4 is 16.0 Å². The Hall–Kier alpha value is -2.40. The van der Waals surface area contributed by atoms with Gasteiger partial charge in [-0.05, 0) is 11.6 Å². The summed E-state index contributed by atoms with van der Waals surface area (Å²) in [7, 11) is -3.63. The Morgan fingerprint density at radius 3 is 2.83 bits per heavy atom. The zero-order chi connectivity index (χ0) is 13.0. The number of benzene rings is 1. The summed E-state index contributed by atoms with van der Waals surface area (Å²) in [4.78, 5) is 3.66. The van der Waals surface area contributed by atoms with E-state index in [9.17, 15) is 8.42 Å². The Balaban J connectivity index is 2.21. The topological polar surface area (TPSA) is 112 Å². The molecule has 0 saturated heterocycles. The number of nitriles is 1. The van der Waals surface area contributed by atoms with Gasteiger partial charge in [0.25, 0.3) is 0 Å². The molecule has 0 atom stereocenters. The highest BCUT2D eigenvalue weighted by Gasteiger charge is 2.15. The molecule has 2 aromatic rings. The molecule has 18 heavy (non-hydrogen) atoms. The molecule has 2 N–H and O–H groups in total. The number of rotatable bonds is 4. The van der Waals surface area contributed by atoms with Crippen molar-refractivity contribution < 1.29 is 8.42 Å². The molecule has 0 saturated carbocycles. The van der Waals surface area contributed by atoms with Crippen molar-refractivity contribution in [3.05, 3.63) is 41.7 Å². The summed E-state index contributed by atoms with van der Waals surface area (Å²) < 4.78 is 25.9. The highest BCUT2D eigenvalue weighted by Crippen LogP contribution is 2.12. The first-order valence-electron chi connectivity index (χ1n) is 4.94. The van der Waals surface area contributed by atoms with Crippen LogP contribution >= 0.6 is 0 Å². The largest absolute Gasteiger partial charge is 0.251 e. The van der Waals surface area contributed by atoms with Gasteiger partial charge in [0.1, 0.15) is 6.33 Å². The maximum absolute atomic E-state index is 11.8. The van der Waals surface area contributed by atoms with E-state index in [1.807, 2.05) is 6.07 Å². The van der Waals surface area contributed by atoms with Gasteiger partial charge in [0.15, 0.2) is 0 Å². The molecular weight excluding hydrogens is 254 g/mol. The van der Waals surface area contributed by atoms with Gasteiger partial charge < -0.3 is 0 Å². The third-order valence-corrected chi connectivity index (χ3v) is 3.35. The van der Waals surface area contributed by atoms with Crippen LogP contribution in [0.3, 0.4) is 0 Å². The molecule has 92 valence electrons. The second-order valence-corrected chi connectivity index (χ2v) is 5.19. The first-order chi connectivity index (χ1) is 8.61. The average molecular weight is 263 g/mol. The second-order valence-electron chi connectivity index (χ2n) is 3.46. The Morgan fingerprint density at radius 2 is 2.17 bits per heavy atom. The molecule has 0 unspecified atom stereocenters. The van der Waals surface area contributed by atoms with E-state index in [0.29, 0.717) is 11.1 Å². The van der Waals surface area contributed by atoms with E-state index in [1.165, 1.54) is 6.33 Å². The smallest absolute Gasteiger partial charge is 0.239 e. The normalized spacial score (nSPS) is 10.8. The van der Waals surface area contributed by atoms with E-state index >= 15 is 0 Å². The minimum atomic E-state index is -3.63. The van der Waals surface area contributed by atoms with Crippen molar-refractivity contribution in [3.63, 3.8) is 0 Å². The van der Waals surface area contributed by atoms with Gasteiger partial charge in [0.2, 0.25) is 16.0 Å². The zero-order valence-electron chi connectivity index (χ0n) is 9.16. The highest BCUT2D eigenvalue weighted by molar-refractivity contribution is 7.91. The van der Waals surface area contributed by atoms with Crippen molar-refractivity contribution in [3.8, 4) is 6.07 Å². The number of aromatic amines is 1. The maximum atomic E-state index is 11.8. The van der Waals surface area contributed by atoms with Crippen LogP contribution in [0.4, 0.5) is 5.95 Å². The van der Waals surface area contributed by atoms with Gasteiger partial charge in [0, 0.05) is 0 Å². The Morgan fingerprint density at radius 1 is 1.39 bits per heavy atom. The van der Waals surface area contributed by atoms with Gasteiger partial charge >= 0.3 is 0 Å². The summed E-state index contributed by atoms with van der Waals surface area (Å²) in [5.41, 5.74) is 0.771. The van der Waals surface area contributed by atoms with E-state index in [1.54, 1.807) is 24.3 Å². The fourth-order valence-electron chi connectivity index (χ4n) is 1.40. The Labute approximate surface area is 104 Å². The molecule has 0 aliphatic rings. The molecule has 0 aliphatic heterocycles. The number of aromatic nitrogens is 3. The molecule has 0 bridgehead atoms. The SMILES string of the molecule is N#Cc1ccccc1CS(=O)(=O)Nc1ncn[nH]1. The van der Waals surface area contributed by atoms with Crippen molar-refractivity contribution in [2.24, 2.45) is 0 Å². The summed E-state index contributed by atoms with van der Waals surface area (Å²) >= 11 is 0. The molecule has 0 fully saturated rings. The van der Waals surface area contributed by atoms with Gasteiger partial charge in [-0.15, -0.1) is 0 Å². The Bertz CT molecular complexity index is 673. The number of nitrogens with zero attached hydrogens (tertiary/aromatic N) is 3. The molecule has 8 heteroatoms. The van der Waals surface area contributed by atoms with Crippen LogP contribution in [0.25, 0.3) is 0 Å². The molecule has 0 radical (unpaired) electrons. The molecule has 2 rings (SSSR count). The maximum Gasteiger partial charge on any atom is 0.239 e. The second kappa shape index (κ2) is 4.85. The van der Waals surface area contributed by atoms with Crippen LogP contribution in [-0.4, -0.2) is 23.6 Å². The van der Waals surface area contributed by atoms with Crippen molar-refractivity contribution in [2.75, 3.05) is 4.72 Å². The number of hydrogen-bond acceptors (Lipinski definition) is 5. The van der Waals surface area contributed by atoms with Crippen molar-refractivity contribution in [1.82, 2.24) is 15.2 Å². The fraction of sp³-hybridized carbons (Fsp3) is 0.100. The van der Waals surface area contributed by atoms with E-state index < -0.39 is 10.0 Å². The van der Waals surface area contributed by atoms with Crippen LogP contribution in [0.1, 0.15) is 11.1 Å². The monoisotopic (exact) mass is 263 g/mol. The van der Waals surface area contributed by atoms with Crippen LogP contribution in [0.2, 0.25) is 0 Å². The average Bonchev–Trinajstić information content (AvgIpc) is 2.81. The van der Waals surface area contributed by atoms with Gasteiger partial charge in [0.05, 0.1) is 17.4 Å². The number of H-pyrrole nitrogens is 1. The van der Waals surface area contributed by atoms with Gasteiger partial charge in [-0.2, -0.15) is 15.3 Å². The third-order valence-electron chi connectivity index (χ3n) is 2.15. The quantitative estimate of drug-likeness (QED) is 0.839. The molecule has 7 nitrogen and oxygen atoms in total. The van der Waals surface area contributed by atoms with Crippen LogP contribution < -0.4 is 4.72 Å². The number of hydrogen-bond donors (Lipinski definition) is 2. The summed E-state index contributed by atoms with van der Waals surface area (Å²) in [5.74, 6) is -0.248. The standard InChI is InChI=1S/C10H9N5O2S/c11-5-8-3-1-2-4-9(8)6-18(16,17)15-10-12-7-13-14-10/h1-4,7H,6H2,(H2,12,13,14,15). The minimum absolute atomic E-state index is 0.0458. The molecule has 0 amide bonds. The molecule has 0 spiro atoms. The van der Waals surface area contributed by atoms with E-state index in [4.69, 9.17) is 5.26 Å². The first kappa shape index (κ1) is 12.1. The number of sulfonamides is 1. The lowest BCUT2D eigenvalue weighted by atomic mass is 10.1. The first-order valence-corrected chi connectivity index (χ1v) is 6.60. The lowest BCUT2D eigenvalue weighted by Crippen LogP contribution is -2.16. The van der Waals surface area contributed by atoms with Crippen LogP contribution in [0.5, 0.6) is 0 Å². The third kappa shape index (κ3) is 2.83. The number of anilines is 1. The van der Waals surface area contributed by atoms with Gasteiger partial charge in [-0.3, -0.25) is 4.72 Å². The minimum Gasteiger partial charge on any atom is -0.251 e. The lowest BCUT2D eigenvalue weighted by molar-refractivity contribution is 0.600. The predicted octanol–water partition coefficient (Wildman–Crippen LogP) is 0.618. The summed E-state index contributed by atoms with van der Waals surface area (Å²) in [5, 5.41) is 14.8. The van der Waals surface area contributed by atoms with Gasteiger partial charge in [-0.25, -0.2) is 13.5 Å². The molecule has 1 heterocycles. The summed E-state index contributed by atoms with van der Waals surface area (Å²) in [6, 6.07) is 8.47. The zero-order valence-corrected chi connectivity index (χ0v) is 9.98. The molecule has 1 aromatic heterocycles. The predicted molar refractivity (Wildman–Crippen MR) is 63.8 cm³/mol. The van der Waals surface area contributed by atoms with E-state index in [2.05, 4.69) is 19.9 Å². The molecule has 0 aliphatic carbocycles. The van der Waals surface area contributed by atoms with Crippen molar-refractivity contribution in [2.45, 2.75) is 5.75 Å². The molecule has 1 aromatic carbocycles. The van der Waals surface area contributed by atoms with Crippen LogP contribution in [0, 0.1) is 11.3 Å².